The van der Waals surface area contributed by atoms with Gasteiger partial charge in [-0.15, -0.1) is 0 Å². The lowest BCUT2D eigenvalue weighted by molar-refractivity contribution is 0.104. The Bertz CT molecular complexity index is 314. The fourth-order valence-corrected chi connectivity index (χ4v) is 0.955. The van der Waals surface area contributed by atoms with Gasteiger partial charge in [0.05, 0.1) is 0 Å². The molecule has 0 aliphatic rings. The van der Waals surface area contributed by atoms with Crippen molar-refractivity contribution in [3.8, 4) is 0 Å². The largest absolute Gasteiger partial charge is 0.392 e. The van der Waals surface area contributed by atoms with Gasteiger partial charge in [-0.2, -0.15) is 0 Å². The van der Waals surface area contributed by atoms with E-state index in [9.17, 15) is 4.79 Å². The normalized spacial score (nSPS) is 11.1. The van der Waals surface area contributed by atoms with E-state index in [-0.39, 0.29) is 5.78 Å². The molecule has 1 aromatic rings. The number of rotatable bonds is 3. The minimum absolute atomic E-state index is 0.0347. The number of nitrogens with one attached hydrogen (secondary N) is 1. The number of allylic oxidation sites excluding steroid dienone is 2. The predicted octanol–water partition coefficient (Wildman–Crippen LogP) is 1.99. The van der Waals surface area contributed by atoms with Gasteiger partial charge >= 0.3 is 0 Å². The van der Waals surface area contributed by atoms with Crippen molar-refractivity contribution >= 4 is 5.78 Å². The fourth-order valence-electron chi connectivity index (χ4n) is 0.955. The van der Waals surface area contributed by atoms with Gasteiger partial charge in [0.25, 0.3) is 0 Å². The van der Waals surface area contributed by atoms with Gasteiger partial charge in [0, 0.05) is 24.4 Å². The van der Waals surface area contributed by atoms with Crippen molar-refractivity contribution in [1.29, 1.82) is 0 Å². The van der Waals surface area contributed by atoms with Gasteiger partial charge in [-0.05, 0) is 6.92 Å². The van der Waals surface area contributed by atoms with Crippen LogP contribution in [0, 0.1) is 0 Å². The molecule has 1 N–H and O–H groups in total. The number of ketones is 1. The Hall–Kier alpha value is -1.57. The summed E-state index contributed by atoms with van der Waals surface area (Å²) in [5.74, 6) is 0.0347. The summed E-state index contributed by atoms with van der Waals surface area (Å²) in [4.78, 5) is 11.5. The maximum Gasteiger partial charge on any atom is 0.187 e. The summed E-state index contributed by atoms with van der Waals surface area (Å²) in [6.07, 6.45) is 1.59. The van der Waals surface area contributed by atoms with E-state index in [2.05, 4.69) is 5.32 Å². The van der Waals surface area contributed by atoms with Crippen molar-refractivity contribution in [3.63, 3.8) is 0 Å². The van der Waals surface area contributed by atoms with E-state index < -0.39 is 0 Å². The Labute approximate surface area is 78.3 Å². The lowest BCUT2D eigenvalue weighted by Crippen LogP contribution is -2.05. The quantitative estimate of drug-likeness (QED) is 0.562. The van der Waals surface area contributed by atoms with Gasteiger partial charge in [-0.1, -0.05) is 30.3 Å². The molecule has 0 atom stereocenters. The van der Waals surface area contributed by atoms with Crippen LogP contribution in [-0.4, -0.2) is 12.8 Å². The molecule has 0 heterocycles. The second-order valence-corrected chi connectivity index (χ2v) is 2.81. The van der Waals surface area contributed by atoms with Gasteiger partial charge in [0.1, 0.15) is 0 Å². The van der Waals surface area contributed by atoms with Crippen LogP contribution in [0.2, 0.25) is 0 Å². The highest BCUT2D eigenvalue weighted by molar-refractivity contribution is 6.04. The van der Waals surface area contributed by atoms with E-state index in [1.165, 1.54) is 0 Å². The molecule has 0 unspecified atom stereocenters. The standard InChI is InChI=1S/C11H13NO/c1-9(12-2)8-11(13)10-6-4-3-5-7-10/h3-8,12H,1-2H3/b9-8-. The predicted molar refractivity (Wildman–Crippen MR) is 53.6 cm³/mol. The molecule has 1 aromatic carbocycles. The molecule has 68 valence electrons. The van der Waals surface area contributed by atoms with Crippen LogP contribution in [0.1, 0.15) is 17.3 Å². The van der Waals surface area contributed by atoms with Crippen LogP contribution in [0.25, 0.3) is 0 Å². The van der Waals surface area contributed by atoms with Crippen molar-refractivity contribution in [1.82, 2.24) is 5.32 Å². The van der Waals surface area contributed by atoms with E-state index in [0.29, 0.717) is 0 Å². The highest BCUT2D eigenvalue weighted by atomic mass is 16.1. The van der Waals surface area contributed by atoms with Crippen LogP contribution in [-0.2, 0) is 0 Å². The van der Waals surface area contributed by atoms with Crippen molar-refractivity contribution in [2.75, 3.05) is 7.05 Å². The molecule has 0 radical (unpaired) electrons. The van der Waals surface area contributed by atoms with Gasteiger partial charge in [0.2, 0.25) is 0 Å². The second kappa shape index (κ2) is 4.45. The van der Waals surface area contributed by atoms with E-state index in [1.807, 2.05) is 37.3 Å². The average molecular weight is 175 g/mol. The Kier molecular flexibility index (Phi) is 3.26. The highest BCUT2D eigenvalue weighted by Crippen LogP contribution is 2.01. The van der Waals surface area contributed by atoms with E-state index in [0.717, 1.165) is 11.3 Å². The Morgan fingerprint density at radius 3 is 2.46 bits per heavy atom. The molecule has 0 fully saturated rings. The molecule has 0 spiro atoms. The molecule has 0 aliphatic heterocycles. The maximum absolute atomic E-state index is 11.5. The molecule has 13 heavy (non-hydrogen) atoms. The van der Waals surface area contributed by atoms with Crippen LogP contribution < -0.4 is 5.32 Å². The molecule has 1 rings (SSSR count). The first-order chi connectivity index (χ1) is 6.24. The summed E-state index contributed by atoms with van der Waals surface area (Å²) in [6.45, 7) is 1.86. The highest BCUT2D eigenvalue weighted by Gasteiger charge is 2.00. The molecular formula is C11H13NO. The van der Waals surface area contributed by atoms with Crippen LogP contribution in [0.5, 0.6) is 0 Å². The van der Waals surface area contributed by atoms with Crippen LogP contribution >= 0.6 is 0 Å². The summed E-state index contributed by atoms with van der Waals surface area (Å²) in [5, 5.41) is 2.91. The number of carbonyl (C=O) groups is 1. The molecule has 0 amide bonds. The summed E-state index contributed by atoms with van der Waals surface area (Å²) < 4.78 is 0. The average Bonchev–Trinajstić information content (AvgIpc) is 2.19. The number of hydrogen-bond donors (Lipinski definition) is 1. The van der Waals surface area contributed by atoms with Gasteiger partial charge < -0.3 is 5.32 Å². The fraction of sp³-hybridized carbons (Fsp3) is 0.182. The summed E-state index contributed by atoms with van der Waals surface area (Å²) >= 11 is 0. The van der Waals surface area contributed by atoms with Crippen LogP contribution in [0.3, 0.4) is 0 Å². The minimum Gasteiger partial charge on any atom is -0.392 e. The third kappa shape index (κ3) is 2.75. The lowest BCUT2D eigenvalue weighted by atomic mass is 10.1. The molecule has 0 saturated heterocycles. The molecule has 0 aliphatic carbocycles. The number of hydrogen-bond acceptors (Lipinski definition) is 2. The third-order valence-electron chi connectivity index (χ3n) is 1.80. The minimum atomic E-state index is 0.0347. The van der Waals surface area contributed by atoms with Gasteiger partial charge in [-0.25, -0.2) is 0 Å². The van der Waals surface area contributed by atoms with E-state index in [4.69, 9.17) is 0 Å². The SMILES string of the molecule is CN/C(C)=C\C(=O)c1ccccc1. The zero-order valence-corrected chi connectivity index (χ0v) is 7.87. The Morgan fingerprint density at radius 1 is 1.31 bits per heavy atom. The Balaban J connectivity index is 2.81. The summed E-state index contributed by atoms with van der Waals surface area (Å²) in [5.41, 5.74) is 1.59. The van der Waals surface area contributed by atoms with Crippen molar-refractivity contribution in [2.45, 2.75) is 6.92 Å². The third-order valence-corrected chi connectivity index (χ3v) is 1.80. The zero-order chi connectivity index (χ0) is 9.68. The summed E-state index contributed by atoms with van der Waals surface area (Å²) in [6, 6.07) is 9.22. The van der Waals surface area contributed by atoms with Crippen LogP contribution in [0.4, 0.5) is 0 Å². The first-order valence-electron chi connectivity index (χ1n) is 4.19. The van der Waals surface area contributed by atoms with Crippen molar-refractivity contribution < 1.29 is 4.79 Å². The van der Waals surface area contributed by atoms with E-state index in [1.54, 1.807) is 13.1 Å². The lowest BCUT2D eigenvalue weighted by Gasteiger charge is -1.98. The molecule has 2 heteroatoms. The van der Waals surface area contributed by atoms with Gasteiger partial charge in [0.15, 0.2) is 5.78 Å². The zero-order valence-electron chi connectivity index (χ0n) is 7.87. The summed E-state index contributed by atoms with van der Waals surface area (Å²) in [7, 11) is 1.80. The first-order valence-corrected chi connectivity index (χ1v) is 4.19. The molecular weight excluding hydrogens is 162 g/mol. The molecule has 0 bridgehead atoms. The molecule has 0 saturated carbocycles. The number of benzene rings is 1. The topological polar surface area (TPSA) is 29.1 Å². The number of carbonyl (C=O) groups excluding carboxylic acids is 1. The molecule has 0 aromatic heterocycles. The van der Waals surface area contributed by atoms with Gasteiger partial charge in [-0.3, -0.25) is 4.79 Å². The maximum atomic E-state index is 11.5. The molecule has 2 nitrogen and oxygen atoms in total. The smallest absolute Gasteiger partial charge is 0.187 e. The van der Waals surface area contributed by atoms with Crippen LogP contribution in [0.15, 0.2) is 42.1 Å². The van der Waals surface area contributed by atoms with Crippen molar-refractivity contribution in [2.24, 2.45) is 0 Å². The Morgan fingerprint density at radius 2 is 1.92 bits per heavy atom. The van der Waals surface area contributed by atoms with Crippen molar-refractivity contribution in [3.05, 3.63) is 47.7 Å². The second-order valence-electron chi connectivity index (χ2n) is 2.81. The first kappa shape index (κ1) is 9.52. The monoisotopic (exact) mass is 175 g/mol. The van der Waals surface area contributed by atoms with E-state index >= 15 is 0 Å².